The summed E-state index contributed by atoms with van der Waals surface area (Å²) in [6.07, 6.45) is 1.27. The number of aromatic nitrogens is 1. The van der Waals surface area contributed by atoms with Gasteiger partial charge in [-0.15, -0.1) is 0 Å². The third-order valence-electron chi connectivity index (χ3n) is 4.46. The summed E-state index contributed by atoms with van der Waals surface area (Å²) in [7, 11) is 0. The molecule has 6 nitrogen and oxygen atoms in total. The van der Waals surface area contributed by atoms with Crippen molar-refractivity contribution in [3.8, 4) is 11.3 Å². The fraction of sp³-hybridized carbons (Fsp3) is 0.500. The van der Waals surface area contributed by atoms with Crippen molar-refractivity contribution < 1.29 is 18.7 Å². The highest BCUT2D eigenvalue weighted by atomic mass is 16.5. The van der Waals surface area contributed by atoms with Crippen LogP contribution in [0.3, 0.4) is 0 Å². The Labute approximate surface area is 166 Å². The number of oxazole rings is 1. The molecule has 1 atom stereocenters. The van der Waals surface area contributed by atoms with Gasteiger partial charge in [0.1, 0.15) is 0 Å². The molecular formula is C22H30N2O4. The number of hydrogen-bond donors (Lipinski definition) is 0. The van der Waals surface area contributed by atoms with E-state index in [0.717, 1.165) is 5.56 Å². The van der Waals surface area contributed by atoms with E-state index in [1.165, 1.54) is 5.56 Å². The lowest BCUT2D eigenvalue weighted by atomic mass is 10.1. The van der Waals surface area contributed by atoms with E-state index < -0.39 is 12.1 Å². The Morgan fingerprint density at radius 2 is 1.68 bits per heavy atom. The van der Waals surface area contributed by atoms with Crippen molar-refractivity contribution in [3.05, 3.63) is 41.9 Å². The number of rotatable bonds is 8. The quantitative estimate of drug-likeness (QED) is 0.637. The number of amides is 1. The first kappa shape index (κ1) is 21.7. The molecule has 2 rings (SSSR count). The average Bonchev–Trinajstić information content (AvgIpc) is 3.09. The number of carbonyl (C=O) groups excluding carboxylic acids is 2. The molecule has 6 heteroatoms. The third-order valence-corrected chi connectivity index (χ3v) is 4.46. The van der Waals surface area contributed by atoms with Gasteiger partial charge in [0, 0.05) is 24.1 Å². The van der Waals surface area contributed by atoms with Gasteiger partial charge in [-0.2, -0.15) is 0 Å². The molecule has 0 saturated carbocycles. The number of esters is 1. The first-order chi connectivity index (χ1) is 13.2. The molecule has 0 N–H and O–H groups in total. The van der Waals surface area contributed by atoms with Gasteiger partial charge >= 0.3 is 5.97 Å². The first-order valence-electron chi connectivity index (χ1n) is 9.72. The normalized spacial score (nSPS) is 12.3. The lowest BCUT2D eigenvalue weighted by Crippen LogP contribution is -2.47. The smallest absolute Gasteiger partial charge is 0.307 e. The summed E-state index contributed by atoms with van der Waals surface area (Å²) in [4.78, 5) is 30.6. The Kier molecular flexibility index (Phi) is 7.38. The lowest BCUT2D eigenvalue weighted by Gasteiger charge is -2.32. The second-order valence-electron chi connectivity index (χ2n) is 7.55. The molecule has 0 radical (unpaired) electrons. The van der Waals surface area contributed by atoms with Crippen LogP contribution in [0.1, 0.15) is 52.5 Å². The number of benzene rings is 1. The Balaban J connectivity index is 1.88. The summed E-state index contributed by atoms with van der Waals surface area (Å²) in [6, 6.07) is 8.03. The summed E-state index contributed by atoms with van der Waals surface area (Å²) in [6.45, 7) is 11.4. The van der Waals surface area contributed by atoms with E-state index in [2.05, 4.69) is 4.98 Å². The summed E-state index contributed by atoms with van der Waals surface area (Å²) in [5.74, 6) is 0.508. The van der Waals surface area contributed by atoms with Crippen LogP contribution in [0.15, 0.2) is 34.9 Å². The molecule has 28 heavy (non-hydrogen) atoms. The number of nitrogens with zero attached hydrogens (tertiary/aromatic N) is 2. The van der Waals surface area contributed by atoms with Crippen LogP contribution < -0.4 is 0 Å². The SMILES string of the molecule is Cc1ccc(-c2cnc(CCC(=O)OC(C)C(=O)N(C(C)C)C(C)C)o2)cc1. The van der Waals surface area contributed by atoms with Crippen LogP contribution in [-0.2, 0) is 20.7 Å². The van der Waals surface area contributed by atoms with Crippen LogP contribution in [0.2, 0.25) is 0 Å². The molecule has 1 unspecified atom stereocenters. The van der Waals surface area contributed by atoms with Crippen molar-refractivity contribution in [1.82, 2.24) is 9.88 Å². The maximum Gasteiger partial charge on any atom is 0.307 e. The van der Waals surface area contributed by atoms with Crippen molar-refractivity contribution in [2.75, 3.05) is 0 Å². The van der Waals surface area contributed by atoms with Crippen LogP contribution in [0, 0.1) is 6.92 Å². The van der Waals surface area contributed by atoms with Gasteiger partial charge in [0.05, 0.1) is 12.6 Å². The minimum Gasteiger partial charge on any atom is -0.453 e. The van der Waals surface area contributed by atoms with Gasteiger partial charge in [-0.25, -0.2) is 4.98 Å². The molecule has 0 aliphatic rings. The minimum atomic E-state index is -0.815. The first-order valence-corrected chi connectivity index (χ1v) is 9.72. The Hall–Kier alpha value is -2.63. The monoisotopic (exact) mass is 386 g/mol. The molecule has 1 aromatic carbocycles. The van der Waals surface area contributed by atoms with Gasteiger partial charge in [-0.3, -0.25) is 9.59 Å². The number of aryl methyl sites for hydroxylation is 2. The summed E-state index contributed by atoms with van der Waals surface area (Å²) in [5, 5.41) is 0. The van der Waals surface area contributed by atoms with Crippen LogP contribution in [0.5, 0.6) is 0 Å². The standard InChI is InChI=1S/C22H30N2O4/c1-14(2)24(15(3)4)22(26)17(6)27-21(25)12-11-20-23-13-19(28-20)18-9-7-16(5)8-10-18/h7-10,13-15,17H,11-12H2,1-6H3. The van der Waals surface area contributed by atoms with E-state index in [-0.39, 0.29) is 24.4 Å². The topological polar surface area (TPSA) is 72.6 Å². The number of carbonyl (C=O) groups is 2. The predicted molar refractivity (Wildman–Crippen MR) is 108 cm³/mol. The maximum atomic E-state index is 12.5. The maximum absolute atomic E-state index is 12.5. The molecule has 0 bridgehead atoms. The summed E-state index contributed by atoms with van der Waals surface area (Å²) in [5.41, 5.74) is 2.11. The van der Waals surface area contributed by atoms with E-state index in [1.807, 2.05) is 58.9 Å². The fourth-order valence-electron chi connectivity index (χ4n) is 3.11. The molecule has 1 amide bonds. The minimum absolute atomic E-state index is 0.0427. The van der Waals surface area contributed by atoms with Crippen molar-refractivity contribution in [2.45, 2.75) is 72.6 Å². The van der Waals surface area contributed by atoms with Crippen molar-refractivity contribution in [2.24, 2.45) is 0 Å². The second kappa shape index (κ2) is 9.53. The summed E-state index contributed by atoms with van der Waals surface area (Å²) >= 11 is 0. The molecule has 0 aliphatic carbocycles. The molecule has 1 heterocycles. The zero-order valence-electron chi connectivity index (χ0n) is 17.6. The van der Waals surface area contributed by atoms with Gasteiger partial charge < -0.3 is 14.1 Å². The fourth-order valence-corrected chi connectivity index (χ4v) is 3.11. The van der Waals surface area contributed by atoms with Gasteiger partial charge in [0.15, 0.2) is 17.8 Å². The van der Waals surface area contributed by atoms with Gasteiger partial charge in [-0.05, 0) is 41.5 Å². The molecule has 0 spiro atoms. The molecule has 0 aliphatic heterocycles. The number of hydrogen-bond acceptors (Lipinski definition) is 5. The molecule has 0 fully saturated rings. The van der Waals surface area contributed by atoms with Crippen molar-refractivity contribution >= 4 is 11.9 Å². The van der Waals surface area contributed by atoms with E-state index >= 15 is 0 Å². The van der Waals surface area contributed by atoms with Gasteiger partial charge in [0.2, 0.25) is 0 Å². The Morgan fingerprint density at radius 1 is 1.07 bits per heavy atom. The van der Waals surface area contributed by atoms with Crippen LogP contribution in [0.25, 0.3) is 11.3 Å². The molecule has 152 valence electrons. The van der Waals surface area contributed by atoms with Crippen LogP contribution >= 0.6 is 0 Å². The van der Waals surface area contributed by atoms with Gasteiger partial charge in [-0.1, -0.05) is 29.8 Å². The highest BCUT2D eigenvalue weighted by Gasteiger charge is 2.27. The zero-order chi connectivity index (χ0) is 20.8. The highest BCUT2D eigenvalue weighted by molar-refractivity contribution is 5.84. The van der Waals surface area contributed by atoms with E-state index in [0.29, 0.717) is 18.1 Å². The van der Waals surface area contributed by atoms with Gasteiger partial charge in [0.25, 0.3) is 5.91 Å². The largest absolute Gasteiger partial charge is 0.453 e. The van der Waals surface area contributed by atoms with Crippen LogP contribution in [0.4, 0.5) is 0 Å². The van der Waals surface area contributed by atoms with E-state index in [1.54, 1.807) is 18.0 Å². The van der Waals surface area contributed by atoms with Crippen molar-refractivity contribution in [3.63, 3.8) is 0 Å². The van der Waals surface area contributed by atoms with Crippen molar-refractivity contribution in [1.29, 1.82) is 0 Å². The average molecular weight is 386 g/mol. The predicted octanol–water partition coefficient (Wildman–Crippen LogP) is 4.16. The molecule has 1 aromatic heterocycles. The van der Waals surface area contributed by atoms with E-state index in [4.69, 9.17) is 9.15 Å². The third kappa shape index (κ3) is 5.68. The zero-order valence-corrected chi connectivity index (χ0v) is 17.6. The van der Waals surface area contributed by atoms with E-state index in [9.17, 15) is 9.59 Å². The lowest BCUT2D eigenvalue weighted by molar-refractivity contribution is -0.161. The Bertz CT molecular complexity index is 785. The Morgan fingerprint density at radius 3 is 2.25 bits per heavy atom. The number of ether oxygens (including phenoxy) is 1. The molecule has 2 aromatic rings. The van der Waals surface area contributed by atoms with Crippen LogP contribution in [-0.4, -0.2) is 39.9 Å². The molecule has 0 saturated heterocycles. The molecular weight excluding hydrogens is 356 g/mol. The second-order valence-corrected chi connectivity index (χ2v) is 7.55. The summed E-state index contributed by atoms with van der Waals surface area (Å²) < 4.78 is 11.0. The highest BCUT2D eigenvalue weighted by Crippen LogP contribution is 2.21.